The van der Waals surface area contributed by atoms with Crippen molar-refractivity contribution in [2.45, 2.75) is 19.9 Å². The van der Waals surface area contributed by atoms with Gasteiger partial charge in [0, 0.05) is 25.5 Å². The summed E-state index contributed by atoms with van der Waals surface area (Å²) < 4.78 is 3.95. The van der Waals surface area contributed by atoms with Crippen molar-refractivity contribution < 1.29 is 0 Å². The van der Waals surface area contributed by atoms with Gasteiger partial charge in [-0.25, -0.2) is 9.97 Å². The predicted octanol–water partition coefficient (Wildman–Crippen LogP) is 1.70. The molecule has 0 radical (unpaired) electrons. The molecule has 0 aromatic carbocycles. The van der Waals surface area contributed by atoms with Crippen LogP contribution in [0.5, 0.6) is 0 Å². The van der Waals surface area contributed by atoms with E-state index in [1.807, 2.05) is 30.8 Å². The van der Waals surface area contributed by atoms with Crippen LogP contribution in [0.3, 0.4) is 0 Å². The molecule has 0 unspecified atom stereocenters. The normalized spacial score (nSPS) is 11.3. The number of aryl methyl sites for hydroxylation is 3. The summed E-state index contributed by atoms with van der Waals surface area (Å²) in [7, 11) is 1.92. The Labute approximate surface area is 121 Å². The van der Waals surface area contributed by atoms with Gasteiger partial charge in [0.15, 0.2) is 11.5 Å². The van der Waals surface area contributed by atoms with Crippen molar-refractivity contribution in [1.29, 1.82) is 0 Å². The standard InChI is InChI=1S/C13H15ClN6/c1-9-5-10-13(15-6-9)20(11(17-10)3-4-14)7-12-18-16-8-19(12)2/h5-6,8H,3-4,7H2,1-2H3. The SMILES string of the molecule is Cc1cnc2c(c1)nc(CCCl)n2Cc1nncn1C. The number of imidazole rings is 1. The Morgan fingerprint density at radius 3 is 2.85 bits per heavy atom. The second-order valence-corrected chi connectivity index (χ2v) is 5.14. The second kappa shape index (κ2) is 5.20. The summed E-state index contributed by atoms with van der Waals surface area (Å²) in [4.78, 5) is 9.13. The van der Waals surface area contributed by atoms with Gasteiger partial charge in [-0.15, -0.1) is 21.8 Å². The molecule has 0 bridgehead atoms. The molecule has 3 heterocycles. The van der Waals surface area contributed by atoms with Crippen molar-refractivity contribution in [2.75, 3.05) is 5.88 Å². The lowest BCUT2D eigenvalue weighted by molar-refractivity contribution is 0.676. The maximum absolute atomic E-state index is 5.87. The maximum atomic E-state index is 5.87. The summed E-state index contributed by atoms with van der Waals surface area (Å²) in [6, 6.07) is 2.03. The molecule has 7 heteroatoms. The van der Waals surface area contributed by atoms with E-state index in [0.717, 1.165) is 28.4 Å². The fraction of sp³-hybridized carbons (Fsp3) is 0.385. The van der Waals surface area contributed by atoms with Gasteiger partial charge in [0.25, 0.3) is 0 Å². The first-order chi connectivity index (χ1) is 9.69. The molecule has 3 rings (SSSR count). The number of hydrogen-bond donors (Lipinski definition) is 0. The van der Waals surface area contributed by atoms with Crippen LogP contribution in [-0.2, 0) is 20.0 Å². The third-order valence-electron chi connectivity index (χ3n) is 3.22. The van der Waals surface area contributed by atoms with Gasteiger partial charge in [0.05, 0.1) is 6.54 Å². The smallest absolute Gasteiger partial charge is 0.160 e. The first kappa shape index (κ1) is 13.1. The Bertz CT molecular complexity index is 744. The summed E-state index contributed by atoms with van der Waals surface area (Å²) in [6.45, 7) is 2.60. The summed E-state index contributed by atoms with van der Waals surface area (Å²) in [5.41, 5.74) is 2.85. The molecular formula is C13H15ClN6. The molecule has 0 spiro atoms. The average molecular weight is 291 g/mol. The van der Waals surface area contributed by atoms with E-state index in [4.69, 9.17) is 11.6 Å². The average Bonchev–Trinajstić information content (AvgIpc) is 2.96. The lowest BCUT2D eigenvalue weighted by Gasteiger charge is -2.07. The number of nitrogens with zero attached hydrogens (tertiary/aromatic N) is 6. The Hall–Kier alpha value is -1.95. The zero-order chi connectivity index (χ0) is 14.1. The van der Waals surface area contributed by atoms with Crippen molar-refractivity contribution in [3.8, 4) is 0 Å². The van der Waals surface area contributed by atoms with E-state index in [9.17, 15) is 0 Å². The first-order valence-electron chi connectivity index (χ1n) is 6.39. The Kier molecular flexibility index (Phi) is 3.40. The Balaban J connectivity index is 2.11. The highest BCUT2D eigenvalue weighted by Gasteiger charge is 2.14. The predicted molar refractivity (Wildman–Crippen MR) is 76.8 cm³/mol. The highest BCUT2D eigenvalue weighted by molar-refractivity contribution is 6.17. The zero-order valence-corrected chi connectivity index (χ0v) is 12.2. The summed E-state index contributed by atoms with van der Waals surface area (Å²) in [6.07, 6.45) is 4.24. The molecule has 0 N–H and O–H groups in total. The third-order valence-corrected chi connectivity index (χ3v) is 3.41. The van der Waals surface area contributed by atoms with Crippen LogP contribution in [-0.4, -0.2) is 35.2 Å². The molecule has 0 fully saturated rings. The quantitative estimate of drug-likeness (QED) is 0.686. The first-order valence-corrected chi connectivity index (χ1v) is 6.93. The van der Waals surface area contributed by atoms with Crippen LogP contribution < -0.4 is 0 Å². The third kappa shape index (κ3) is 2.27. The number of alkyl halides is 1. The van der Waals surface area contributed by atoms with Crippen molar-refractivity contribution in [1.82, 2.24) is 29.3 Å². The molecule has 6 nitrogen and oxygen atoms in total. The number of aromatic nitrogens is 6. The van der Waals surface area contributed by atoms with Gasteiger partial charge in [-0.05, 0) is 18.6 Å². The van der Waals surface area contributed by atoms with Crippen LogP contribution in [0.2, 0.25) is 0 Å². The van der Waals surface area contributed by atoms with Crippen LogP contribution in [0.4, 0.5) is 0 Å². The molecule has 0 atom stereocenters. The molecular weight excluding hydrogens is 276 g/mol. The zero-order valence-electron chi connectivity index (χ0n) is 11.4. The maximum Gasteiger partial charge on any atom is 0.160 e. The monoisotopic (exact) mass is 290 g/mol. The molecule has 0 saturated carbocycles. The molecule has 0 aliphatic heterocycles. The molecule has 0 aliphatic rings. The van der Waals surface area contributed by atoms with Gasteiger partial charge < -0.3 is 9.13 Å². The van der Waals surface area contributed by atoms with Gasteiger partial charge >= 0.3 is 0 Å². The van der Waals surface area contributed by atoms with Crippen molar-refractivity contribution in [2.24, 2.45) is 7.05 Å². The molecule has 0 aliphatic carbocycles. The minimum absolute atomic E-state index is 0.529. The topological polar surface area (TPSA) is 61.4 Å². The lowest BCUT2D eigenvalue weighted by Crippen LogP contribution is -2.10. The van der Waals surface area contributed by atoms with Crippen LogP contribution >= 0.6 is 11.6 Å². The Morgan fingerprint density at radius 2 is 2.15 bits per heavy atom. The largest absolute Gasteiger partial charge is 0.319 e. The summed E-state index contributed by atoms with van der Waals surface area (Å²) in [5, 5.41) is 8.02. The highest BCUT2D eigenvalue weighted by atomic mass is 35.5. The van der Waals surface area contributed by atoms with Gasteiger partial charge in [-0.1, -0.05) is 0 Å². The van der Waals surface area contributed by atoms with Crippen LogP contribution in [0, 0.1) is 6.92 Å². The molecule has 20 heavy (non-hydrogen) atoms. The van der Waals surface area contributed by atoms with Gasteiger partial charge in [-0.3, -0.25) is 0 Å². The molecule has 104 valence electrons. The van der Waals surface area contributed by atoms with E-state index in [1.54, 1.807) is 6.33 Å². The Morgan fingerprint density at radius 1 is 1.30 bits per heavy atom. The van der Waals surface area contributed by atoms with Crippen LogP contribution in [0.1, 0.15) is 17.2 Å². The lowest BCUT2D eigenvalue weighted by atomic mass is 10.3. The number of pyridine rings is 1. The van der Waals surface area contributed by atoms with Crippen molar-refractivity contribution in [3.63, 3.8) is 0 Å². The summed E-state index contributed by atoms with van der Waals surface area (Å²) >= 11 is 5.87. The number of fused-ring (bicyclic) bond motifs is 1. The minimum Gasteiger partial charge on any atom is -0.319 e. The van der Waals surface area contributed by atoms with Crippen LogP contribution in [0.15, 0.2) is 18.6 Å². The van der Waals surface area contributed by atoms with Crippen LogP contribution in [0.25, 0.3) is 11.2 Å². The summed E-state index contributed by atoms with van der Waals surface area (Å²) in [5.74, 6) is 2.32. The molecule has 0 saturated heterocycles. The van der Waals surface area contributed by atoms with E-state index < -0.39 is 0 Å². The fourth-order valence-corrected chi connectivity index (χ4v) is 2.36. The van der Waals surface area contributed by atoms with Crippen molar-refractivity contribution in [3.05, 3.63) is 35.8 Å². The fourth-order valence-electron chi connectivity index (χ4n) is 2.19. The van der Waals surface area contributed by atoms with E-state index >= 15 is 0 Å². The van der Waals surface area contributed by atoms with Gasteiger partial charge in [0.2, 0.25) is 0 Å². The molecule has 3 aromatic rings. The highest BCUT2D eigenvalue weighted by Crippen LogP contribution is 2.17. The molecule has 0 amide bonds. The minimum atomic E-state index is 0.529. The second-order valence-electron chi connectivity index (χ2n) is 4.77. The van der Waals surface area contributed by atoms with E-state index in [2.05, 4.69) is 24.7 Å². The van der Waals surface area contributed by atoms with E-state index in [1.165, 1.54) is 0 Å². The van der Waals surface area contributed by atoms with E-state index in [0.29, 0.717) is 18.8 Å². The van der Waals surface area contributed by atoms with Gasteiger partial charge in [-0.2, -0.15) is 0 Å². The molecule has 3 aromatic heterocycles. The number of halogens is 1. The van der Waals surface area contributed by atoms with E-state index in [-0.39, 0.29) is 0 Å². The number of hydrogen-bond acceptors (Lipinski definition) is 4. The number of rotatable bonds is 4. The van der Waals surface area contributed by atoms with Crippen molar-refractivity contribution >= 4 is 22.8 Å². The van der Waals surface area contributed by atoms with Gasteiger partial charge in [0.1, 0.15) is 17.7 Å².